The lowest BCUT2D eigenvalue weighted by molar-refractivity contribution is 0.293. The van der Waals surface area contributed by atoms with Gasteiger partial charge in [-0.15, -0.1) is 49.6 Å². The fourth-order valence-corrected chi connectivity index (χ4v) is 2.13. The highest BCUT2D eigenvalue weighted by atomic mass is 35.5. The second-order valence-corrected chi connectivity index (χ2v) is 8.05. The highest BCUT2D eigenvalue weighted by Crippen LogP contribution is 2.18. The molecule has 0 aliphatic heterocycles. The number of nitrogens with zero attached hydrogens (tertiary/aromatic N) is 6. The fourth-order valence-electron chi connectivity index (χ4n) is 2.13. The van der Waals surface area contributed by atoms with E-state index in [2.05, 4.69) is 34.1 Å². The van der Waals surface area contributed by atoms with E-state index in [1.165, 1.54) is 0 Å². The van der Waals surface area contributed by atoms with Crippen LogP contribution in [-0.2, 0) is 0 Å². The molecule has 8 nitrogen and oxygen atoms in total. The molecule has 0 aliphatic rings. The molecule has 0 radical (unpaired) electrons. The van der Waals surface area contributed by atoms with Gasteiger partial charge in [0.25, 0.3) is 0 Å². The highest BCUT2D eigenvalue weighted by Gasteiger charge is 2.28. The number of rotatable bonds is 10. The SMILES string of the molecule is CCC(N=C(N)C(C)(C)N=NC(C)(C)C(N)=NC(CC)N(C)C)N(C)C.Cl.Cl.Cl.Cl. The Balaban J connectivity index is -0.000000521. The van der Waals surface area contributed by atoms with Gasteiger partial charge in [0.05, 0.1) is 0 Å². The minimum atomic E-state index is -0.716. The number of amidine groups is 2. The predicted octanol–water partition coefficient (Wildman–Crippen LogP) is 3.99. The fraction of sp³-hybridized carbons (Fsp3) is 0.889. The Morgan fingerprint density at radius 3 is 1.07 bits per heavy atom. The van der Waals surface area contributed by atoms with Crippen LogP contribution in [0.1, 0.15) is 54.4 Å². The summed E-state index contributed by atoms with van der Waals surface area (Å²) >= 11 is 0. The van der Waals surface area contributed by atoms with E-state index in [0.717, 1.165) is 12.8 Å². The highest BCUT2D eigenvalue weighted by molar-refractivity contribution is 5.90. The summed E-state index contributed by atoms with van der Waals surface area (Å²) in [5.41, 5.74) is 11.0. The van der Waals surface area contributed by atoms with Gasteiger partial charge in [-0.25, -0.2) is 0 Å². The second kappa shape index (κ2) is 17.2. The Kier molecular flexibility index (Phi) is 23.0. The quantitative estimate of drug-likeness (QED) is 0.261. The van der Waals surface area contributed by atoms with E-state index in [1.807, 2.05) is 65.7 Å². The maximum atomic E-state index is 6.21. The van der Waals surface area contributed by atoms with Crippen molar-refractivity contribution in [2.45, 2.75) is 77.8 Å². The Bertz CT molecular complexity index is 488. The van der Waals surface area contributed by atoms with E-state index >= 15 is 0 Å². The van der Waals surface area contributed by atoms with Gasteiger partial charge < -0.3 is 11.5 Å². The van der Waals surface area contributed by atoms with Crippen LogP contribution in [0.5, 0.6) is 0 Å². The summed E-state index contributed by atoms with van der Waals surface area (Å²) < 4.78 is 0. The van der Waals surface area contributed by atoms with E-state index in [-0.39, 0.29) is 62.0 Å². The van der Waals surface area contributed by atoms with Crippen LogP contribution in [0.3, 0.4) is 0 Å². The third-order valence-corrected chi connectivity index (χ3v) is 4.30. The van der Waals surface area contributed by atoms with Crippen molar-refractivity contribution in [2.75, 3.05) is 28.2 Å². The molecule has 0 spiro atoms. The van der Waals surface area contributed by atoms with Crippen molar-refractivity contribution in [2.24, 2.45) is 31.7 Å². The summed E-state index contributed by atoms with van der Waals surface area (Å²) in [4.78, 5) is 13.2. The first-order valence-electron chi connectivity index (χ1n) is 9.22. The van der Waals surface area contributed by atoms with Crippen LogP contribution in [-0.4, -0.2) is 73.1 Å². The Labute approximate surface area is 208 Å². The van der Waals surface area contributed by atoms with Crippen molar-refractivity contribution in [3.8, 4) is 0 Å². The van der Waals surface area contributed by atoms with Crippen LogP contribution in [0.25, 0.3) is 0 Å². The Hall–Kier alpha value is -0.380. The van der Waals surface area contributed by atoms with Crippen LogP contribution in [0.2, 0.25) is 0 Å². The smallest absolute Gasteiger partial charge is 0.132 e. The molecule has 0 saturated carbocycles. The normalized spacial score (nSPS) is 15.1. The van der Waals surface area contributed by atoms with E-state index in [4.69, 9.17) is 11.5 Å². The lowest BCUT2D eigenvalue weighted by Crippen LogP contribution is -2.42. The summed E-state index contributed by atoms with van der Waals surface area (Å²) in [7, 11) is 7.92. The zero-order chi connectivity index (χ0) is 20.7. The Morgan fingerprint density at radius 2 is 0.900 bits per heavy atom. The van der Waals surface area contributed by atoms with Gasteiger partial charge in [0.15, 0.2) is 0 Å². The summed E-state index contributed by atoms with van der Waals surface area (Å²) in [5, 5.41) is 8.90. The van der Waals surface area contributed by atoms with Gasteiger partial charge in [0, 0.05) is 0 Å². The van der Waals surface area contributed by atoms with Gasteiger partial charge in [-0.2, -0.15) is 10.2 Å². The van der Waals surface area contributed by atoms with Crippen LogP contribution in [0.15, 0.2) is 20.2 Å². The van der Waals surface area contributed by atoms with Crippen molar-refractivity contribution in [1.82, 2.24) is 9.80 Å². The third kappa shape index (κ3) is 13.1. The standard InChI is InChI=1S/C18H40N8.4ClH/c1-11-13(25(7)8)21-15(19)17(3,4)23-24-18(5,6)16(20)22-14(12-2)26(9)10;;;;/h13-14H,11-12H2,1-10H3,(H2,19,21)(H2,20,22);4*1H. The van der Waals surface area contributed by atoms with Crippen LogP contribution in [0, 0.1) is 0 Å². The summed E-state index contributed by atoms with van der Waals surface area (Å²) in [6.07, 6.45) is 1.79. The molecule has 0 saturated heterocycles. The van der Waals surface area contributed by atoms with Crippen molar-refractivity contribution in [3.05, 3.63) is 0 Å². The molecule has 0 aromatic heterocycles. The number of aliphatic imine (C=N–C) groups is 2. The molecule has 2 atom stereocenters. The van der Waals surface area contributed by atoms with Crippen molar-refractivity contribution >= 4 is 61.3 Å². The Morgan fingerprint density at radius 1 is 0.667 bits per heavy atom. The molecule has 0 aromatic rings. The maximum absolute atomic E-state index is 6.21. The number of hydrogen-bond acceptors (Lipinski definition) is 6. The summed E-state index contributed by atoms with van der Waals surface area (Å²) in [6, 6.07) is 0. The van der Waals surface area contributed by atoms with Gasteiger partial charge in [0.2, 0.25) is 0 Å². The first kappa shape index (κ1) is 40.0. The molecular weight excluding hydrogens is 470 g/mol. The molecule has 0 bridgehead atoms. The molecule has 0 amide bonds. The van der Waals surface area contributed by atoms with Gasteiger partial charge in [-0.3, -0.25) is 19.8 Å². The molecular formula is C18H44Cl4N8. The lowest BCUT2D eigenvalue weighted by atomic mass is 10.0. The monoisotopic (exact) mass is 512 g/mol. The van der Waals surface area contributed by atoms with Crippen LogP contribution in [0.4, 0.5) is 0 Å². The predicted molar refractivity (Wildman–Crippen MR) is 141 cm³/mol. The van der Waals surface area contributed by atoms with E-state index in [9.17, 15) is 0 Å². The molecule has 0 heterocycles. The number of azo groups is 1. The number of hydrogen-bond donors (Lipinski definition) is 2. The van der Waals surface area contributed by atoms with Crippen molar-refractivity contribution in [1.29, 1.82) is 0 Å². The number of nitrogens with two attached hydrogens (primary N) is 2. The lowest BCUT2D eigenvalue weighted by Gasteiger charge is -2.26. The average Bonchev–Trinajstić information content (AvgIpc) is 2.54. The molecule has 184 valence electrons. The van der Waals surface area contributed by atoms with Gasteiger partial charge in [0.1, 0.15) is 35.1 Å². The van der Waals surface area contributed by atoms with Crippen molar-refractivity contribution in [3.63, 3.8) is 0 Å². The average molecular weight is 514 g/mol. The molecule has 30 heavy (non-hydrogen) atoms. The van der Waals surface area contributed by atoms with Crippen LogP contribution < -0.4 is 11.5 Å². The van der Waals surface area contributed by atoms with E-state index in [0.29, 0.717) is 11.7 Å². The van der Waals surface area contributed by atoms with E-state index in [1.54, 1.807) is 0 Å². The summed E-state index contributed by atoms with van der Waals surface area (Å²) in [6.45, 7) is 11.7. The molecule has 0 aliphatic carbocycles. The first-order chi connectivity index (χ1) is 11.8. The third-order valence-electron chi connectivity index (χ3n) is 4.30. The zero-order valence-electron chi connectivity index (χ0n) is 20.0. The molecule has 0 aromatic carbocycles. The maximum Gasteiger partial charge on any atom is 0.132 e. The zero-order valence-corrected chi connectivity index (χ0v) is 23.3. The number of halogens is 4. The van der Waals surface area contributed by atoms with Gasteiger partial charge >= 0.3 is 0 Å². The topological polar surface area (TPSA) is 108 Å². The minimum Gasteiger partial charge on any atom is -0.385 e. The largest absolute Gasteiger partial charge is 0.385 e. The molecule has 0 fully saturated rings. The second-order valence-electron chi connectivity index (χ2n) is 8.05. The minimum absolute atomic E-state index is 0. The summed E-state index contributed by atoms with van der Waals surface area (Å²) in [5.74, 6) is 0.903. The first-order valence-corrected chi connectivity index (χ1v) is 9.22. The molecule has 12 heteroatoms. The van der Waals surface area contributed by atoms with Crippen LogP contribution >= 0.6 is 49.6 Å². The van der Waals surface area contributed by atoms with Gasteiger partial charge in [-0.05, 0) is 68.7 Å². The molecule has 4 N–H and O–H groups in total. The van der Waals surface area contributed by atoms with E-state index < -0.39 is 11.1 Å². The molecule has 0 rings (SSSR count). The van der Waals surface area contributed by atoms with Gasteiger partial charge in [-0.1, -0.05) is 13.8 Å². The molecule has 2 unspecified atom stereocenters. The van der Waals surface area contributed by atoms with Crippen molar-refractivity contribution < 1.29 is 0 Å².